The summed E-state index contributed by atoms with van der Waals surface area (Å²) < 4.78 is 5.70. The van der Waals surface area contributed by atoms with Crippen LogP contribution in [0.5, 0.6) is 0 Å². The number of halogens is 1. The molecule has 0 fully saturated rings. The smallest absolute Gasteiger partial charge is 0.135 e. The van der Waals surface area contributed by atoms with Crippen LogP contribution < -0.4 is 11.5 Å². The van der Waals surface area contributed by atoms with Crippen molar-refractivity contribution in [3.63, 3.8) is 0 Å². The van der Waals surface area contributed by atoms with Crippen molar-refractivity contribution >= 4 is 46.0 Å². The SMILES string of the molecule is Cl.N=C(N)c1ccc2oc3ccc(C(=N)N)cc3c2c1. The molecule has 20 heavy (non-hydrogen) atoms. The van der Waals surface area contributed by atoms with Crippen LogP contribution in [0.1, 0.15) is 11.1 Å². The molecule has 0 bridgehead atoms. The van der Waals surface area contributed by atoms with Crippen molar-refractivity contribution in [1.82, 2.24) is 0 Å². The van der Waals surface area contributed by atoms with Gasteiger partial charge in [-0.15, -0.1) is 12.4 Å². The van der Waals surface area contributed by atoms with E-state index in [1.54, 1.807) is 24.3 Å². The molecule has 6 N–H and O–H groups in total. The minimum absolute atomic E-state index is 0. The first-order valence-corrected chi connectivity index (χ1v) is 5.71. The van der Waals surface area contributed by atoms with Gasteiger partial charge in [0.25, 0.3) is 0 Å². The Morgan fingerprint density at radius 1 is 0.800 bits per heavy atom. The topological polar surface area (TPSA) is 113 Å². The molecule has 6 heteroatoms. The van der Waals surface area contributed by atoms with E-state index in [1.165, 1.54) is 0 Å². The van der Waals surface area contributed by atoms with Crippen LogP contribution in [0.3, 0.4) is 0 Å². The molecule has 0 amide bonds. The lowest BCUT2D eigenvalue weighted by molar-refractivity contribution is 0.669. The number of amidine groups is 2. The minimum atomic E-state index is 0. The van der Waals surface area contributed by atoms with E-state index in [-0.39, 0.29) is 24.1 Å². The van der Waals surface area contributed by atoms with Gasteiger partial charge in [0, 0.05) is 21.9 Å². The minimum Gasteiger partial charge on any atom is -0.456 e. The van der Waals surface area contributed by atoms with Gasteiger partial charge in [-0.1, -0.05) is 0 Å². The van der Waals surface area contributed by atoms with Crippen molar-refractivity contribution in [2.24, 2.45) is 11.5 Å². The van der Waals surface area contributed by atoms with Gasteiger partial charge in [-0.05, 0) is 36.4 Å². The highest BCUT2D eigenvalue weighted by Gasteiger charge is 2.10. The van der Waals surface area contributed by atoms with Crippen molar-refractivity contribution in [1.29, 1.82) is 10.8 Å². The van der Waals surface area contributed by atoms with E-state index in [2.05, 4.69) is 0 Å². The largest absolute Gasteiger partial charge is 0.456 e. The van der Waals surface area contributed by atoms with Crippen LogP contribution in [0.15, 0.2) is 40.8 Å². The molecule has 1 aromatic heterocycles. The van der Waals surface area contributed by atoms with Gasteiger partial charge in [-0.25, -0.2) is 0 Å². The highest BCUT2D eigenvalue weighted by atomic mass is 35.5. The van der Waals surface area contributed by atoms with Crippen LogP contribution in [0, 0.1) is 10.8 Å². The monoisotopic (exact) mass is 288 g/mol. The third-order valence-electron chi connectivity index (χ3n) is 3.09. The number of hydrogen-bond donors (Lipinski definition) is 4. The Labute approximate surface area is 121 Å². The first-order valence-electron chi connectivity index (χ1n) is 5.71. The van der Waals surface area contributed by atoms with E-state index in [0.29, 0.717) is 11.1 Å². The van der Waals surface area contributed by atoms with Crippen molar-refractivity contribution in [2.45, 2.75) is 0 Å². The molecular weight excluding hydrogens is 276 g/mol. The van der Waals surface area contributed by atoms with Crippen LogP contribution in [0.25, 0.3) is 21.9 Å². The number of nitrogen functional groups attached to an aromatic ring is 2. The Hall–Kier alpha value is -2.53. The Balaban J connectivity index is 0.00000147. The summed E-state index contributed by atoms with van der Waals surface area (Å²) in [5, 5.41) is 16.7. The van der Waals surface area contributed by atoms with Crippen molar-refractivity contribution in [3.8, 4) is 0 Å². The average Bonchev–Trinajstić information content (AvgIpc) is 2.75. The summed E-state index contributed by atoms with van der Waals surface area (Å²) >= 11 is 0. The zero-order chi connectivity index (χ0) is 13.6. The van der Waals surface area contributed by atoms with Crippen LogP contribution in [-0.4, -0.2) is 11.7 Å². The van der Waals surface area contributed by atoms with E-state index in [1.807, 2.05) is 12.1 Å². The molecule has 5 nitrogen and oxygen atoms in total. The lowest BCUT2D eigenvalue weighted by atomic mass is 10.1. The third-order valence-corrected chi connectivity index (χ3v) is 3.09. The van der Waals surface area contributed by atoms with E-state index in [9.17, 15) is 0 Å². The summed E-state index contributed by atoms with van der Waals surface area (Å²) in [4.78, 5) is 0. The summed E-state index contributed by atoms with van der Waals surface area (Å²) in [6, 6.07) is 10.7. The second kappa shape index (κ2) is 4.86. The van der Waals surface area contributed by atoms with Crippen LogP contribution >= 0.6 is 12.4 Å². The molecule has 0 atom stereocenters. The lowest BCUT2D eigenvalue weighted by Gasteiger charge is -1.99. The highest BCUT2D eigenvalue weighted by Crippen LogP contribution is 2.30. The maximum absolute atomic E-state index is 7.48. The van der Waals surface area contributed by atoms with Gasteiger partial charge in [0.15, 0.2) is 0 Å². The molecule has 0 aliphatic carbocycles. The molecule has 2 aromatic carbocycles. The number of furan rings is 1. The maximum Gasteiger partial charge on any atom is 0.135 e. The van der Waals surface area contributed by atoms with Gasteiger partial charge in [0.05, 0.1) is 0 Å². The fourth-order valence-electron chi connectivity index (χ4n) is 2.11. The lowest BCUT2D eigenvalue weighted by Crippen LogP contribution is -2.10. The molecule has 0 spiro atoms. The normalized spacial score (nSPS) is 10.4. The summed E-state index contributed by atoms with van der Waals surface area (Å²) in [5.41, 5.74) is 13.7. The van der Waals surface area contributed by atoms with Crippen molar-refractivity contribution < 1.29 is 4.42 Å². The summed E-state index contributed by atoms with van der Waals surface area (Å²) in [6.07, 6.45) is 0. The van der Waals surface area contributed by atoms with Gasteiger partial charge >= 0.3 is 0 Å². The predicted octanol–water partition coefficient (Wildman–Crippen LogP) is 2.58. The third kappa shape index (κ3) is 2.08. The molecule has 0 saturated carbocycles. The number of benzene rings is 2. The molecule has 0 unspecified atom stereocenters. The standard InChI is InChI=1S/C14H12N4O.ClH/c15-13(16)7-1-3-11-9(5-7)10-6-8(14(17)18)2-4-12(10)19-11;/h1-6H,(H3,15,16)(H3,17,18);1H. The second-order valence-corrected chi connectivity index (χ2v) is 4.35. The van der Waals surface area contributed by atoms with E-state index >= 15 is 0 Å². The fraction of sp³-hybridized carbons (Fsp3) is 0. The van der Waals surface area contributed by atoms with E-state index in [0.717, 1.165) is 21.9 Å². The zero-order valence-corrected chi connectivity index (χ0v) is 11.3. The number of fused-ring (bicyclic) bond motifs is 3. The molecule has 0 aliphatic rings. The molecule has 0 saturated heterocycles. The van der Waals surface area contributed by atoms with E-state index in [4.69, 9.17) is 26.7 Å². The molecule has 3 aromatic rings. The van der Waals surface area contributed by atoms with Gasteiger partial charge in [0.1, 0.15) is 22.8 Å². The molecule has 0 radical (unpaired) electrons. The van der Waals surface area contributed by atoms with Gasteiger partial charge in [0.2, 0.25) is 0 Å². The van der Waals surface area contributed by atoms with Gasteiger partial charge in [-0.3, -0.25) is 10.8 Å². The average molecular weight is 289 g/mol. The Bertz CT molecular complexity index is 769. The Morgan fingerprint density at radius 3 is 1.55 bits per heavy atom. The number of rotatable bonds is 2. The van der Waals surface area contributed by atoms with Crippen LogP contribution in [-0.2, 0) is 0 Å². The summed E-state index contributed by atoms with van der Waals surface area (Å²) in [6.45, 7) is 0. The molecule has 102 valence electrons. The summed E-state index contributed by atoms with van der Waals surface area (Å²) in [7, 11) is 0. The predicted molar refractivity (Wildman–Crippen MR) is 83.0 cm³/mol. The summed E-state index contributed by atoms with van der Waals surface area (Å²) in [5.74, 6) is 0.0259. The molecule has 0 aliphatic heterocycles. The zero-order valence-electron chi connectivity index (χ0n) is 10.4. The number of nitrogens with one attached hydrogen (secondary N) is 2. The quantitative estimate of drug-likeness (QED) is 0.429. The van der Waals surface area contributed by atoms with Crippen molar-refractivity contribution in [3.05, 3.63) is 47.5 Å². The Kier molecular flexibility index (Phi) is 3.38. The molecule has 3 rings (SSSR count). The molecule has 1 heterocycles. The Morgan fingerprint density at radius 2 is 1.20 bits per heavy atom. The van der Waals surface area contributed by atoms with Crippen molar-refractivity contribution in [2.75, 3.05) is 0 Å². The fourth-order valence-corrected chi connectivity index (χ4v) is 2.11. The van der Waals surface area contributed by atoms with Crippen LogP contribution in [0.2, 0.25) is 0 Å². The number of nitrogens with two attached hydrogens (primary N) is 2. The highest BCUT2D eigenvalue weighted by molar-refractivity contribution is 6.10. The number of hydrogen-bond acceptors (Lipinski definition) is 3. The maximum atomic E-state index is 7.48. The van der Waals surface area contributed by atoms with Gasteiger partial charge in [-0.2, -0.15) is 0 Å². The first-order chi connectivity index (χ1) is 9.06. The first kappa shape index (κ1) is 13.9. The second-order valence-electron chi connectivity index (χ2n) is 4.35. The van der Waals surface area contributed by atoms with Gasteiger partial charge < -0.3 is 15.9 Å². The van der Waals surface area contributed by atoms with E-state index < -0.39 is 0 Å². The molecular formula is C14H13ClN4O. The van der Waals surface area contributed by atoms with Crippen LogP contribution in [0.4, 0.5) is 0 Å².